The third kappa shape index (κ3) is 1.64. The molecule has 0 aromatic heterocycles. The van der Waals surface area contributed by atoms with E-state index in [0.29, 0.717) is 10.8 Å². The third-order valence-electron chi connectivity index (χ3n) is 2.18. The molecular weight excluding hydrogens is 208 g/mol. The fourth-order valence-corrected chi connectivity index (χ4v) is 1.74. The lowest BCUT2D eigenvalue weighted by atomic mass is 10.3. The van der Waals surface area contributed by atoms with E-state index >= 15 is 0 Å². The molecule has 0 radical (unpaired) electrons. The highest BCUT2D eigenvalue weighted by Gasteiger charge is 2.30. The lowest BCUT2D eigenvalue weighted by Gasteiger charge is -2.13. The van der Waals surface area contributed by atoms with Crippen LogP contribution in [0.5, 0.6) is 0 Å². The van der Waals surface area contributed by atoms with Gasteiger partial charge in [-0.15, -0.1) is 0 Å². The highest BCUT2D eigenvalue weighted by atomic mass is 32.1. The van der Waals surface area contributed by atoms with E-state index < -0.39 is 0 Å². The number of rotatable bonds is 1. The van der Waals surface area contributed by atoms with Crippen molar-refractivity contribution in [3.8, 4) is 0 Å². The zero-order valence-corrected chi connectivity index (χ0v) is 9.04. The molecule has 0 bridgehead atoms. The quantitative estimate of drug-likeness (QED) is 0.576. The summed E-state index contributed by atoms with van der Waals surface area (Å²) in [6, 6.07) is 9.35. The van der Waals surface area contributed by atoms with E-state index in [0.717, 1.165) is 5.69 Å². The topological polar surface area (TPSA) is 32.3 Å². The molecule has 0 saturated carbocycles. The number of hydrogen-bond donors (Lipinski definition) is 1. The summed E-state index contributed by atoms with van der Waals surface area (Å²) in [5.41, 5.74) is 1.32. The van der Waals surface area contributed by atoms with Gasteiger partial charge in [-0.2, -0.15) is 0 Å². The van der Waals surface area contributed by atoms with Gasteiger partial charge in [0.2, 0.25) is 0 Å². The molecule has 0 unspecified atom stereocenters. The summed E-state index contributed by atoms with van der Waals surface area (Å²) in [5, 5.41) is 3.30. The number of benzene rings is 1. The number of para-hydroxylation sites is 1. The van der Waals surface area contributed by atoms with E-state index in [1.165, 1.54) is 4.90 Å². The van der Waals surface area contributed by atoms with Crippen LogP contribution in [0.15, 0.2) is 42.1 Å². The lowest BCUT2D eigenvalue weighted by Crippen LogP contribution is -2.30. The number of anilines is 1. The molecule has 0 aliphatic carbocycles. The van der Waals surface area contributed by atoms with Gasteiger partial charge in [-0.05, 0) is 31.3 Å². The Kier molecular flexibility index (Phi) is 2.51. The van der Waals surface area contributed by atoms with Gasteiger partial charge >= 0.3 is 0 Å². The summed E-state index contributed by atoms with van der Waals surface area (Å²) in [7, 11) is 0. The predicted octanol–water partition coefficient (Wildman–Crippen LogP) is 1.81. The van der Waals surface area contributed by atoms with Crippen molar-refractivity contribution >= 4 is 28.9 Å². The Morgan fingerprint density at radius 2 is 2.00 bits per heavy atom. The summed E-state index contributed by atoms with van der Waals surface area (Å²) in [5.74, 6) is -0.103. The molecule has 1 fully saturated rings. The van der Waals surface area contributed by atoms with Gasteiger partial charge < -0.3 is 5.32 Å². The van der Waals surface area contributed by atoms with Crippen molar-refractivity contribution in [3.05, 3.63) is 42.1 Å². The van der Waals surface area contributed by atoms with Crippen molar-refractivity contribution in [3.63, 3.8) is 0 Å². The van der Waals surface area contributed by atoms with E-state index in [2.05, 4.69) is 5.32 Å². The van der Waals surface area contributed by atoms with Crippen LogP contribution >= 0.6 is 12.2 Å². The van der Waals surface area contributed by atoms with Crippen LogP contribution in [0.3, 0.4) is 0 Å². The zero-order valence-electron chi connectivity index (χ0n) is 8.23. The molecule has 15 heavy (non-hydrogen) atoms. The fraction of sp³-hybridized carbons (Fsp3) is 0.0909. The van der Waals surface area contributed by atoms with Crippen molar-refractivity contribution < 1.29 is 4.79 Å². The first kappa shape index (κ1) is 9.86. The van der Waals surface area contributed by atoms with Gasteiger partial charge in [0.1, 0.15) is 5.70 Å². The highest BCUT2D eigenvalue weighted by molar-refractivity contribution is 7.80. The van der Waals surface area contributed by atoms with Gasteiger partial charge in [-0.25, -0.2) is 0 Å². The molecule has 4 heteroatoms. The van der Waals surface area contributed by atoms with Gasteiger partial charge in [-0.1, -0.05) is 24.3 Å². The Morgan fingerprint density at radius 1 is 1.33 bits per heavy atom. The van der Waals surface area contributed by atoms with Gasteiger partial charge in [0.05, 0.1) is 5.69 Å². The van der Waals surface area contributed by atoms with Crippen LogP contribution in [-0.4, -0.2) is 11.0 Å². The first-order valence-corrected chi connectivity index (χ1v) is 5.01. The van der Waals surface area contributed by atoms with Crippen LogP contribution in [0, 0.1) is 0 Å². The summed E-state index contributed by atoms with van der Waals surface area (Å²) >= 11 is 5.10. The molecule has 2 rings (SSSR count). The lowest BCUT2D eigenvalue weighted by molar-refractivity contribution is -0.113. The average Bonchev–Trinajstić information content (AvgIpc) is 2.55. The van der Waals surface area contributed by atoms with Crippen molar-refractivity contribution in [2.75, 3.05) is 4.90 Å². The van der Waals surface area contributed by atoms with Crippen molar-refractivity contribution in [1.82, 2.24) is 5.32 Å². The molecule has 1 aliphatic heterocycles. The summed E-state index contributed by atoms with van der Waals surface area (Å²) < 4.78 is 0. The van der Waals surface area contributed by atoms with Crippen molar-refractivity contribution in [1.29, 1.82) is 0 Å². The number of hydrogen-bond acceptors (Lipinski definition) is 2. The van der Waals surface area contributed by atoms with Crippen LogP contribution in [0.4, 0.5) is 5.69 Å². The van der Waals surface area contributed by atoms with E-state index in [4.69, 9.17) is 12.2 Å². The highest BCUT2D eigenvalue weighted by Crippen LogP contribution is 2.20. The molecule has 1 aromatic rings. The molecule has 3 nitrogen and oxygen atoms in total. The molecule has 1 aliphatic rings. The Morgan fingerprint density at radius 3 is 2.53 bits per heavy atom. The average molecular weight is 218 g/mol. The van der Waals surface area contributed by atoms with Crippen molar-refractivity contribution in [2.45, 2.75) is 6.92 Å². The van der Waals surface area contributed by atoms with Crippen LogP contribution in [0.1, 0.15) is 6.92 Å². The Labute approximate surface area is 93.4 Å². The van der Waals surface area contributed by atoms with Gasteiger partial charge in [-0.3, -0.25) is 9.69 Å². The van der Waals surface area contributed by atoms with Gasteiger partial charge in [0, 0.05) is 0 Å². The molecule has 1 aromatic carbocycles. The first-order valence-electron chi connectivity index (χ1n) is 4.61. The summed E-state index contributed by atoms with van der Waals surface area (Å²) in [6.07, 6.45) is 1.72. The number of nitrogens with one attached hydrogen (secondary N) is 1. The van der Waals surface area contributed by atoms with Crippen LogP contribution in [-0.2, 0) is 4.79 Å². The maximum Gasteiger partial charge on any atom is 0.280 e. The minimum atomic E-state index is -0.103. The smallest absolute Gasteiger partial charge is 0.280 e. The minimum absolute atomic E-state index is 0.103. The maximum atomic E-state index is 11.9. The standard InChI is InChI=1S/C11H10N2OS/c1-2-9-10(14)13(11(15)12-9)8-6-4-3-5-7-8/h2-7H,1H3,(H,12,15)/b9-2+. The zero-order chi connectivity index (χ0) is 10.8. The molecule has 76 valence electrons. The molecule has 0 spiro atoms. The molecule has 1 saturated heterocycles. The van der Waals surface area contributed by atoms with Gasteiger partial charge in [0.15, 0.2) is 5.11 Å². The fourth-order valence-electron chi connectivity index (χ4n) is 1.44. The van der Waals surface area contributed by atoms with Crippen molar-refractivity contribution in [2.24, 2.45) is 0 Å². The summed E-state index contributed by atoms with van der Waals surface area (Å²) in [6.45, 7) is 1.80. The van der Waals surface area contributed by atoms with Crippen LogP contribution in [0.2, 0.25) is 0 Å². The van der Waals surface area contributed by atoms with Gasteiger partial charge in [0.25, 0.3) is 5.91 Å². The van der Waals surface area contributed by atoms with E-state index in [9.17, 15) is 4.79 Å². The molecular formula is C11H10N2OS. The third-order valence-corrected chi connectivity index (χ3v) is 2.47. The first-order chi connectivity index (χ1) is 7.24. The van der Waals surface area contributed by atoms with E-state index in [1.807, 2.05) is 30.3 Å². The molecule has 1 N–H and O–H groups in total. The summed E-state index contributed by atoms with van der Waals surface area (Å²) in [4.78, 5) is 13.3. The predicted molar refractivity (Wildman–Crippen MR) is 63.4 cm³/mol. The number of thiocarbonyl (C=S) groups is 1. The Hall–Kier alpha value is -1.68. The minimum Gasteiger partial charge on any atom is -0.328 e. The molecule has 1 amide bonds. The number of carbonyl (C=O) groups excluding carboxylic acids is 1. The van der Waals surface area contributed by atoms with Crippen LogP contribution in [0.25, 0.3) is 0 Å². The largest absolute Gasteiger partial charge is 0.328 e. The Balaban J connectivity index is 2.40. The Bertz CT molecular complexity index is 439. The molecule has 1 heterocycles. The monoisotopic (exact) mass is 218 g/mol. The van der Waals surface area contributed by atoms with E-state index in [1.54, 1.807) is 13.0 Å². The van der Waals surface area contributed by atoms with Crippen LogP contribution < -0.4 is 10.2 Å². The second-order valence-corrected chi connectivity index (χ2v) is 3.50. The number of amides is 1. The SMILES string of the molecule is C/C=C1/NC(=S)N(c2ccccc2)C1=O. The maximum absolute atomic E-state index is 11.9. The normalized spacial score (nSPS) is 18.5. The number of allylic oxidation sites excluding steroid dienone is 1. The van der Waals surface area contributed by atoms with E-state index in [-0.39, 0.29) is 5.91 Å². The second kappa shape index (κ2) is 3.82. The number of carbonyl (C=O) groups is 1. The molecule has 0 atom stereocenters. The second-order valence-electron chi connectivity index (χ2n) is 3.11. The number of nitrogens with zero attached hydrogens (tertiary/aromatic N) is 1.